The lowest BCUT2D eigenvalue weighted by molar-refractivity contribution is 1.05. The molecule has 0 spiro atoms. The number of aromatic nitrogens is 3. The third-order valence-corrected chi connectivity index (χ3v) is 10.3. The fourth-order valence-corrected chi connectivity index (χ4v) is 8.35. The molecule has 3 aromatic heterocycles. The van der Waals surface area contributed by atoms with E-state index in [0.717, 1.165) is 28.2 Å². The van der Waals surface area contributed by atoms with Crippen molar-refractivity contribution in [3.05, 3.63) is 152 Å². The molecule has 10 aromatic rings. The summed E-state index contributed by atoms with van der Waals surface area (Å²) in [6.07, 6.45) is 0. The number of hydrogen-bond acceptors (Lipinski definition) is 3. The maximum Gasteiger partial charge on any atom is 0.162 e. The second-order valence-electron chi connectivity index (χ2n) is 11.7. The molecule has 0 atom stereocenters. The summed E-state index contributed by atoms with van der Waals surface area (Å²) < 4.78 is 4.99. The van der Waals surface area contributed by atoms with Crippen molar-refractivity contribution in [1.29, 1.82) is 0 Å². The van der Waals surface area contributed by atoms with Crippen molar-refractivity contribution in [1.82, 2.24) is 14.5 Å². The lowest BCUT2D eigenvalue weighted by Gasteiger charge is -2.14. The van der Waals surface area contributed by atoms with Crippen LogP contribution in [0.1, 0.15) is 0 Å². The number of benzene rings is 7. The maximum absolute atomic E-state index is 5.34. The van der Waals surface area contributed by atoms with Crippen molar-refractivity contribution in [2.45, 2.75) is 0 Å². The Bertz CT molecular complexity index is 2740. The van der Waals surface area contributed by atoms with Crippen LogP contribution < -0.4 is 0 Å². The Labute approximate surface area is 268 Å². The van der Waals surface area contributed by atoms with E-state index < -0.39 is 0 Å². The second kappa shape index (κ2) is 9.83. The molecule has 0 unspecified atom stereocenters. The molecule has 214 valence electrons. The van der Waals surface area contributed by atoms with Crippen molar-refractivity contribution < 1.29 is 0 Å². The topological polar surface area (TPSA) is 30.7 Å². The van der Waals surface area contributed by atoms with Crippen molar-refractivity contribution in [2.24, 2.45) is 0 Å². The molecule has 0 N–H and O–H groups in total. The van der Waals surface area contributed by atoms with E-state index in [9.17, 15) is 0 Å². The highest BCUT2D eigenvalue weighted by Crippen LogP contribution is 2.47. The summed E-state index contributed by atoms with van der Waals surface area (Å²) >= 11 is 1.86. The lowest BCUT2D eigenvalue weighted by atomic mass is 9.95. The Balaban J connectivity index is 1.46. The van der Waals surface area contributed by atoms with Gasteiger partial charge in [-0.25, -0.2) is 9.97 Å². The van der Waals surface area contributed by atoms with E-state index in [1.807, 2.05) is 35.6 Å². The van der Waals surface area contributed by atoms with Crippen molar-refractivity contribution in [3.8, 4) is 28.5 Å². The Morgan fingerprint density at radius 3 is 1.80 bits per heavy atom. The second-order valence-corrected chi connectivity index (χ2v) is 12.8. The quantitative estimate of drug-likeness (QED) is 0.188. The highest BCUT2D eigenvalue weighted by atomic mass is 32.1. The Kier molecular flexibility index (Phi) is 5.45. The molecule has 0 saturated carbocycles. The Morgan fingerprint density at radius 2 is 1.04 bits per heavy atom. The molecule has 3 heterocycles. The van der Waals surface area contributed by atoms with Gasteiger partial charge in [-0.15, -0.1) is 11.3 Å². The van der Waals surface area contributed by atoms with Gasteiger partial charge in [0.1, 0.15) is 5.82 Å². The van der Waals surface area contributed by atoms with E-state index >= 15 is 0 Å². The summed E-state index contributed by atoms with van der Waals surface area (Å²) in [5.41, 5.74) is 5.26. The summed E-state index contributed by atoms with van der Waals surface area (Å²) in [6, 6.07) is 53.9. The highest BCUT2D eigenvalue weighted by Gasteiger charge is 2.23. The zero-order valence-electron chi connectivity index (χ0n) is 24.7. The molecule has 10 rings (SSSR count). The summed E-state index contributed by atoms with van der Waals surface area (Å²) in [6.45, 7) is 0. The monoisotopic (exact) mass is 603 g/mol. The van der Waals surface area contributed by atoms with E-state index in [2.05, 4.69) is 132 Å². The van der Waals surface area contributed by atoms with Crippen LogP contribution in [0.4, 0.5) is 0 Å². The number of nitrogens with zero attached hydrogens (tertiary/aromatic N) is 3. The van der Waals surface area contributed by atoms with Crippen molar-refractivity contribution in [3.63, 3.8) is 0 Å². The molecule has 4 heteroatoms. The summed E-state index contributed by atoms with van der Waals surface area (Å²) in [5, 5.41) is 10.1. The molecular weight excluding hydrogens is 579 g/mol. The Hall–Kier alpha value is -5.84. The smallest absolute Gasteiger partial charge is 0.162 e. The van der Waals surface area contributed by atoms with Crippen LogP contribution in [0, 0.1) is 0 Å². The van der Waals surface area contributed by atoms with Gasteiger partial charge in [-0.1, -0.05) is 127 Å². The van der Waals surface area contributed by atoms with E-state index in [0.29, 0.717) is 5.82 Å². The van der Waals surface area contributed by atoms with Crippen LogP contribution in [-0.4, -0.2) is 14.5 Å². The maximum atomic E-state index is 5.34. The van der Waals surface area contributed by atoms with Crippen molar-refractivity contribution in [2.75, 3.05) is 0 Å². The van der Waals surface area contributed by atoms with Crippen LogP contribution >= 0.6 is 11.3 Å². The molecule has 0 aliphatic heterocycles. The molecule has 0 bridgehead atoms. The molecule has 0 aliphatic rings. The minimum absolute atomic E-state index is 0.708. The molecule has 46 heavy (non-hydrogen) atoms. The van der Waals surface area contributed by atoms with Crippen LogP contribution in [0.3, 0.4) is 0 Å². The van der Waals surface area contributed by atoms with Gasteiger partial charge >= 0.3 is 0 Å². The first-order valence-corrected chi connectivity index (χ1v) is 16.3. The van der Waals surface area contributed by atoms with Crippen LogP contribution in [-0.2, 0) is 0 Å². The van der Waals surface area contributed by atoms with E-state index in [4.69, 9.17) is 9.97 Å². The predicted molar refractivity (Wildman–Crippen MR) is 195 cm³/mol. The van der Waals surface area contributed by atoms with Gasteiger partial charge in [0.05, 0.1) is 16.7 Å². The van der Waals surface area contributed by atoms with Crippen LogP contribution in [0.15, 0.2) is 152 Å². The van der Waals surface area contributed by atoms with E-state index in [-0.39, 0.29) is 0 Å². The molecule has 7 aromatic carbocycles. The molecular formula is C42H25N3S. The minimum Gasteiger partial charge on any atom is -0.293 e. The van der Waals surface area contributed by atoms with E-state index in [1.54, 1.807) is 0 Å². The van der Waals surface area contributed by atoms with Gasteiger partial charge in [0.15, 0.2) is 5.82 Å². The normalized spacial score (nSPS) is 11.9. The van der Waals surface area contributed by atoms with E-state index in [1.165, 1.54) is 58.0 Å². The molecule has 3 nitrogen and oxygen atoms in total. The van der Waals surface area contributed by atoms with Gasteiger partial charge < -0.3 is 0 Å². The molecule has 0 fully saturated rings. The first-order valence-electron chi connectivity index (χ1n) is 15.5. The van der Waals surface area contributed by atoms with Gasteiger partial charge in [0, 0.05) is 53.5 Å². The third kappa shape index (κ3) is 3.65. The van der Waals surface area contributed by atoms with Gasteiger partial charge in [-0.3, -0.25) is 4.57 Å². The lowest BCUT2D eigenvalue weighted by Crippen LogP contribution is -2.03. The predicted octanol–water partition coefficient (Wildman–Crippen LogP) is 11.6. The third-order valence-electron chi connectivity index (χ3n) is 9.18. The SMILES string of the molecule is c1ccc(-c2cc(-n3c4ccc5sc6ccccc6c5c4c4c5ccccc5c5ccccc5c43)nc(-c3ccccc3)n2)cc1. The fraction of sp³-hybridized carbons (Fsp3) is 0. The first-order chi connectivity index (χ1) is 22.8. The molecule has 0 radical (unpaired) electrons. The first kappa shape index (κ1) is 25.5. The van der Waals surface area contributed by atoms with Crippen molar-refractivity contribution >= 4 is 74.9 Å². The number of fused-ring (bicyclic) bond motifs is 12. The zero-order chi connectivity index (χ0) is 30.2. The Morgan fingerprint density at radius 1 is 0.435 bits per heavy atom. The number of thiophene rings is 1. The largest absolute Gasteiger partial charge is 0.293 e. The average Bonchev–Trinajstić information content (AvgIpc) is 3.69. The average molecular weight is 604 g/mol. The van der Waals surface area contributed by atoms with Gasteiger partial charge in [-0.2, -0.15) is 0 Å². The van der Waals surface area contributed by atoms with Gasteiger partial charge in [0.2, 0.25) is 0 Å². The molecule has 0 saturated heterocycles. The number of rotatable bonds is 3. The summed E-state index contributed by atoms with van der Waals surface area (Å²) in [7, 11) is 0. The number of hydrogen-bond donors (Lipinski definition) is 0. The van der Waals surface area contributed by atoms with Crippen LogP contribution in [0.5, 0.6) is 0 Å². The summed E-state index contributed by atoms with van der Waals surface area (Å²) in [4.78, 5) is 10.5. The fourth-order valence-electron chi connectivity index (χ4n) is 7.23. The van der Waals surface area contributed by atoms with Gasteiger partial charge in [0.25, 0.3) is 0 Å². The molecule has 0 aliphatic carbocycles. The minimum atomic E-state index is 0.708. The zero-order valence-corrected chi connectivity index (χ0v) is 25.5. The molecule has 0 amide bonds. The van der Waals surface area contributed by atoms with Gasteiger partial charge in [-0.05, 0) is 34.4 Å². The summed E-state index contributed by atoms with van der Waals surface area (Å²) in [5.74, 6) is 1.56. The standard InChI is InChI=1S/C42H25N3S/c1-3-13-26(14-4-1)33-25-37(44-42(43-33)27-15-5-2-6-16-27)45-34-23-24-36-38(32-21-11-12-22-35(32)46-36)40(34)39-30-19-9-7-17-28(30)29-18-8-10-20-31(29)41(39)45/h1-25H. The van der Waals surface area contributed by atoms with Crippen LogP contribution in [0.25, 0.3) is 92.0 Å². The highest BCUT2D eigenvalue weighted by molar-refractivity contribution is 7.26. The van der Waals surface area contributed by atoms with Crippen LogP contribution in [0.2, 0.25) is 0 Å².